The van der Waals surface area contributed by atoms with Crippen LogP contribution in [0.2, 0.25) is 0 Å². The van der Waals surface area contributed by atoms with Crippen LogP contribution in [-0.2, 0) is 6.61 Å². The fourth-order valence-electron chi connectivity index (χ4n) is 3.80. The standard InChI is InChI=1S/C28H26Br2N4O5/c1-4-17(3)27-32-24-11-8-20(29)13-22(24)28(35)33(27)31-15-19-12-25(38-5-2)26(14-23(19)30)39-16-18-6-9-21(10-7-18)34(36)37/h6-15,17H,4-5,16H2,1-3H3/t17-/m1/s1. The van der Waals surface area contributed by atoms with E-state index in [0.717, 1.165) is 16.5 Å². The van der Waals surface area contributed by atoms with Gasteiger partial charge in [0.15, 0.2) is 11.5 Å². The van der Waals surface area contributed by atoms with Crippen LogP contribution in [0.4, 0.5) is 5.69 Å². The molecule has 0 unspecified atom stereocenters. The second kappa shape index (κ2) is 12.5. The molecule has 39 heavy (non-hydrogen) atoms. The number of rotatable bonds is 10. The lowest BCUT2D eigenvalue weighted by atomic mass is 10.1. The van der Waals surface area contributed by atoms with Crippen LogP contribution in [0.3, 0.4) is 0 Å². The van der Waals surface area contributed by atoms with E-state index >= 15 is 0 Å². The van der Waals surface area contributed by atoms with E-state index in [0.29, 0.717) is 44.9 Å². The maximum absolute atomic E-state index is 13.4. The molecule has 0 amide bonds. The summed E-state index contributed by atoms with van der Waals surface area (Å²) >= 11 is 7.01. The summed E-state index contributed by atoms with van der Waals surface area (Å²) in [5, 5.41) is 15.9. The molecule has 1 heterocycles. The minimum atomic E-state index is -0.442. The van der Waals surface area contributed by atoms with Crippen LogP contribution < -0.4 is 15.0 Å². The highest BCUT2D eigenvalue weighted by Crippen LogP contribution is 2.34. The zero-order valence-corrected chi connectivity index (χ0v) is 24.7. The number of hydrogen-bond donors (Lipinski definition) is 0. The number of non-ortho nitro benzene ring substituents is 1. The van der Waals surface area contributed by atoms with Gasteiger partial charge in [-0.1, -0.05) is 29.8 Å². The van der Waals surface area contributed by atoms with Crippen molar-refractivity contribution < 1.29 is 14.4 Å². The Hall–Kier alpha value is -3.57. The molecule has 9 nitrogen and oxygen atoms in total. The first-order chi connectivity index (χ1) is 18.7. The Morgan fingerprint density at radius 3 is 2.46 bits per heavy atom. The zero-order valence-electron chi connectivity index (χ0n) is 21.6. The quantitative estimate of drug-likeness (QED) is 0.101. The first-order valence-electron chi connectivity index (χ1n) is 12.3. The van der Waals surface area contributed by atoms with Gasteiger partial charge in [0.25, 0.3) is 11.2 Å². The summed E-state index contributed by atoms with van der Waals surface area (Å²) in [6, 6.07) is 15.2. The molecule has 3 aromatic carbocycles. The van der Waals surface area contributed by atoms with Gasteiger partial charge in [-0.25, -0.2) is 4.98 Å². The summed E-state index contributed by atoms with van der Waals surface area (Å²) in [6.45, 7) is 6.53. The summed E-state index contributed by atoms with van der Waals surface area (Å²) in [5.74, 6) is 1.59. The van der Waals surface area contributed by atoms with E-state index < -0.39 is 4.92 Å². The molecule has 1 aromatic heterocycles. The molecule has 0 fully saturated rings. The average molecular weight is 658 g/mol. The van der Waals surface area contributed by atoms with Gasteiger partial charge in [0.2, 0.25) is 0 Å². The van der Waals surface area contributed by atoms with Crippen molar-refractivity contribution in [1.82, 2.24) is 9.66 Å². The molecule has 202 valence electrons. The minimum absolute atomic E-state index is 0.0144. The molecule has 0 bridgehead atoms. The van der Waals surface area contributed by atoms with Gasteiger partial charge >= 0.3 is 0 Å². The van der Waals surface area contributed by atoms with Crippen LogP contribution in [0.15, 0.2) is 73.4 Å². The van der Waals surface area contributed by atoms with Gasteiger partial charge in [-0.3, -0.25) is 14.9 Å². The molecule has 0 aliphatic carbocycles. The van der Waals surface area contributed by atoms with Gasteiger partial charge in [-0.15, -0.1) is 0 Å². The molecule has 0 N–H and O–H groups in total. The van der Waals surface area contributed by atoms with E-state index in [9.17, 15) is 14.9 Å². The Kier molecular flexibility index (Phi) is 9.13. The third-order valence-corrected chi connectivity index (χ3v) is 7.28. The monoisotopic (exact) mass is 656 g/mol. The Labute approximate surface area is 241 Å². The molecule has 0 saturated heterocycles. The Morgan fingerprint density at radius 2 is 1.79 bits per heavy atom. The van der Waals surface area contributed by atoms with Gasteiger partial charge in [-0.2, -0.15) is 9.78 Å². The van der Waals surface area contributed by atoms with Crippen molar-refractivity contribution in [3.8, 4) is 11.5 Å². The molecule has 0 aliphatic heterocycles. The Morgan fingerprint density at radius 1 is 1.08 bits per heavy atom. The fraction of sp³-hybridized carbons (Fsp3) is 0.250. The van der Waals surface area contributed by atoms with E-state index in [4.69, 9.17) is 14.5 Å². The molecule has 0 saturated carbocycles. The van der Waals surface area contributed by atoms with Crippen LogP contribution in [0.5, 0.6) is 11.5 Å². The van der Waals surface area contributed by atoms with Crippen molar-refractivity contribution in [2.75, 3.05) is 6.61 Å². The second-order valence-electron chi connectivity index (χ2n) is 8.77. The number of fused-ring (bicyclic) bond motifs is 1. The number of nitro groups is 1. The summed E-state index contributed by atoms with van der Waals surface area (Å²) in [7, 11) is 0. The lowest BCUT2D eigenvalue weighted by molar-refractivity contribution is -0.384. The minimum Gasteiger partial charge on any atom is -0.490 e. The van der Waals surface area contributed by atoms with Crippen LogP contribution in [0.25, 0.3) is 10.9 Å². The first-order valence-corrected chi connectivity index (χ1v) is 13.9. The molecular formula is C28H26Br2N4O5. The van der Waals surface area contributed by atoms with Crippen LogP contribution >= 0.6 is 31.9 Å². The van der Waals surface area contributed by atoms with Gasteiger partial charge in [0.05, 0.1) is 28.6 Å². The van der Waals surface area contributed by atoms with E-state index in [1.165, 1.54) is 16.8 Å². The molecule has 4 rings (SSSR count). The third-order valence-electron chi connectivity index (χ3n) is 6.10. The number of nitrogens with zero attached hydrogens (tertiary/aromatic N) is 4. The number of aromatic nitrogens is 2. The molecule has 0 radical (unpaired) electrons. The molecule has 0 spiro atoms. The number of benzene rings is 3. The van der Waals surface area contributed by atoms with E-state index in [2.05, 4.69) is 37.0 Å². The normalized spacial score (nSPS) is 12.1. The van der Waals surface area contributed by atoms with Crippen molar-refractivity contribution in [2.45, 2.75) is 39.7 Å². The SMILES string of the molecule is CCOc1cc(C=Nn2c([C@H](C)CC)nc3ccc(Br)cc3c2=O)c(Br)cc1OCc1ccc([N+](=O)[O-])cc1. The fourth-order valence-corrected chi connectivity index (χ4v) is 4.59. The number of hydrogen-bond acceptors (Lipinski definition) is 7. The van der Waals surface area contributed by atoms with Crippen molar-refractivity contribution >= 4 is 54.7 Å². The molecular weight excluding hydrogens is 632 g/mol. The van der Waals surface area contributed by atoms with Gasteiger partial charge in [0, 0.05) is 32.6 Å². The molecule has 1 atom stereocenters. The lowest BCUT2D eigenvalue weighted by Crippen LogP contribution is -2.23. The topological polar surface area (TPSA) is 109 Å². The smallest absolute Gasteiger partial charge is 0.282 e. The first kappa shape index (κ1) is 28.4. The van der Waals surface area contributed by atoms with Gasteiger partial charge in [-0.05, 0) is 77.3 Å². The average Bonchev–Trinajstić information content (AvgIpc) is 2.93. The lowest BCUT2D eigenvalue weighted by Gasteiger charge is -2.15. The second-order valence-corrected chi connectivity index (χ2v) is 10.5. The zero-order chi connectivity index (χ0) is 28.1. The van der Waals surface area contributed by atoms with Crippen LogP contribution in [0.1, 0.15) is 50.1 Å². The van der Waals surface area contributed by atoms with Crippen LogP contribution in [-0.4, -0.2) is 27.4 Å². The van der Waals surface area contributed by atoms with Crippen molar-refractivity contribution in [2.24, 2.45) is 5.10 Å². The summed E-state index contributed by atoms with van der Waals surface area (Å²) < 4.78 is 14.6. The van der Waals surface area contributed by atoms with E-state index in [-0.39, 0.29) is 23.8 Å². The van der Waals surface area contributed by atoms with E-state index in [1.807, 2.05) is 32.9 Å². The largest absolute Gasteiger partial charge is 0.490 e. The highest BCUT2D eigenvalue weighted by molar-refractivity contribution is 9.10. The molecule has 4 aromatic rings. The summed E-state index contributed by atoms with van der Waals surface area (Å²) in [5.41, 5.74) is 1.84. The molecule has 11 heteroatoms. The maximum atomic E-state index is 13.4. The van der Waals surface area contributed by atoms with Crippen LogP contribution in [0, 0.1) is 10.1 Å². The number of halogens is 2. The van der Waals surface area contributed by atoms with Crippen molar-refractivity contribution in [1.29, 1.82) is 0 Å². The van der Waals surface area contributed by atoms with Crippen molar-refractivity contribution in [3.05, 3.63) is 101 Å². The predicted molar refractivity (Wildman–Crippen MR) is 158 cm³/mol. The Bertz CT molecular complexity index is 1600. The van der Waals surface area contributed by atoms with Crippen molar-refractivity contribution in [3.63, 3.8) is 0 Å². The summed E-state index contributed by atoms with van der Waals surface area (Å²) in [6.07, 6.45) is 2.38. The number of ether oxygens (including phenoxy) is 2. The van der Waals surface area contributed by atoms with Gasteiger partial charge < -0.3 is 9.47 Å². The third kappa shape index (κ3) is 6.54. The van der Waals surface area contributed by atoms with E-state index in [1.54, 1.807) is 36.5 Å². The van der Waals surface area contributed by atoms with Gasteiger partial charge in [0.1, 0.15) is 12.4 Å². The Balaban J connectivity index is 1.68. The highest BCUT2D eigenvalue weighted by atomic mass is 79.9. The number of nitro benzene ring substituents is 1. The maximum Gasteiger partial charge on any atom is 0.282 e. The molecule has 0 aliphatic rings. The highest BCUT2D eigenvalue weighted by Gasteiger charge is 2.16. The summed E-state index contributed by atoms with van der Waals surface area (Å²) in [4.78, 5) is 28.6. The predicted octanol–water partition coefficient (Wildman–Crippen LogP) is 7.20.